The van der Waals surface area contributed by atoms with E-state index < -0.39 is 24.1 Å². The van der Waals surface area contributed by atoms with Crippen LogP contribution in [0.25, 0.3) is 0 Å². The molecule has 2 unspecified atom stereocenters. The summed E-state index contributed by atoms with van der Waals surface area (Å²) in [5.74, 6) is -0.925. The maximum Gasteiger partial charge on any atom is 0.315 e. The molecular formula is C12H23N3O4. The first-order chi connectivity index (χ1) is 8.72. The Kier molecular flexibility index (Phi) is 7.55. The average Bonchev–Trinajstić information content (AvgIpc) is 2.23. The van der Waals surface area contributed by atoms with Gasteiger partial charge in [-0.15, -0.1) is 0 Å². The van der Waals surface area contributed by atoms with Gasteiger partial charge in [0.1, 0.15) is 6.04 Å². The second kappa shape index (κ2) is 8.34. The quantitative estimate of drug-likeness (QED) is 0.535. The summed E-state index contributed by atoms with van der Waals surface area (Å²) in [7, 11) is 0. The van der Waals surface area contributed by atoms with E-state index in [1.54, 1.807) is 13.8 Å². The zero-order valence-corrected chi connectivity index (χ0v) is 11.8. The van der Waals surface area contributed by atoms with E-state index in [0.717, 1.165) is 0 Å². The van der Waals surface area contributed by atoms with E-state index in [9.17, 15) is 14.4 Å². The van der Waals surface area contributed by atoms with Crippen molar-refractivity contribution in [2.24, 2.45) is 5.92 Å². The molecule has 0 bridgehead atoms. The number of hydrogen-bond donors (Lipinski definition) is 4. The first-order valence-electron chi connectivity index (χ1n) is 6.29. The first kappa shape index (κ1) is 17.2. The SMILES string of the molecule is CC(C)CNC(=O)C(C)NC(=O)NC(C)CC(=O)O. The maximum atomic E-state index is 11.6. The largest absolute Gasteiger partial charge is 0.481 e. The lowest BCUT2D eigenvalue weighted by Gasteiger charge is -2.17. The van der Waals surface area contributed by atoms with Crippen LogP contribution in [-0.4, -0.2) is 41.6 Å². The number of carbonyl (C=O) groups excluding carboxylic acids is 2. The van der Waals surface area contributed by atoms with Gasteiger partial charge in [-0.1, -0.05) is 13.8 Å². The van der Waals surface area contributed by atoms with Gasteiger partial charge in [0, 0.05) is 12.6 Å². The van der Waals surface area contributed by atoms with Crippen LogP contribution < -0.4 is 16.0 Å². The molecule has 0 aliphatic heterocycles. The van der Waals surface area contributed by atoms with Crippen molar-refractivity contribution < 1.29 is 19.5 Å². The number of rotatable bonds is 7. The van der Waals surface area contributed by atoms with Gasteiger partial charge in [-0.3, -0.25) is 9.59 Å². The molecule has 7 heteroatoms. The van der Waals surface area contributed by atoms with E-state index in [-0.39, 0.29) is 12.3 Å². The highest BCUT2D eigenvalue weighted by Crippen LogP contribution is 1.92. The summed E-state index contributed by atoms with van der Waals surface area (Å²) in [6.07, 6.45) is -0.165. The van der Waals surface area contributed by atoms with Gasteiger partial charge in [-0.25, -0.2) is 4.79 Å². The van der Waals surface area contributed by atoms with Gasteiger partial charge in [-0.2, -0.15) is 0 Å². The molecule has 0 aliphatic rings. The predicted octanol–water partition coefficient (Wildman–Crippen LogP) is 0.310. The molecule has 0 aromatic rings. The van der Waals surface area contributed by atoms with Crippen molar-refractivity contribution >= 4 is 17.9 Å². The van der Waals surface area contributed by atoms with Gasteiger partial charge in [-0.05, 0) is 19.8 Å². The van der Waals surface area contributed by atoms with Gasteiger partial charge in [0.15, 0.2) is 0 Å². The van der Waals surface area contributed by atoms with Gasteiger partial charge in [0.05, 0.1) is 6.42 Å². The van der Waals surface area contributed by atoms with Crippen LogP contribution in [0.4, 0.5) is 4.79 Å². The number of carboxylic acids is 1. The molecule has 7 nitrogen and oxygen atoms in total. The van der Waals surface area contributed by atoms with Crippen LogP contribution in [0.1, 0.15) is 34.1 Å². The third-order valence-corrected chi connectivity index (χ3v) is 2.28. The number of nitrogens with one attached hydrogen (secondary N) is 3. The highest BCUT2D eigenvalue weighted by Gasteiger charge is 2.17. The van der Waals surface area contributed by atoms with Crippen molar-refractivity contribution in [2.45, 2.75) is 46.2 Å². The van der Waals surface area contributed by atoms with Crippen LogP contribution >= 0.6 is 0 Å². The Balaban J connectivity index is 4.04. The minimum Gasteiger partial charge on any atom is -0.481 e. The summed E-state index contributed by atoms with van der Waals surface area (Å²) in [5, 5.41) is 16.2. The maximum absolute atomic E-state index is 11.6. The van der Waals surface area contributed by atoms with E-state index >= 15 is 0 Å². The third-order valence-electron chi connectivity index (χ3n) is 2.28. The Labute approximate surface area is 113 Å². The topological polar surface area (TPSA) is 108 Å². The van der Waals surface area contributed by atoms with Gasteiger partial charge in [0.2, 0.25) is 5.91 Å². The fraction of sp³-hybridized carbons (Fsp3) is 0.750. The van der Waals surface area contributed by atoms with Crippen LogP contribution in [0.5, 0.6) is 0 Å². The van der Waals surface area contributed by atoms with E-state index in [1.165, 1.54) is 0 Å². The molecule has 0 aliphatic carbocycles. The van der Waals surface area contributed by atoms with Crippen molar-refractivity contribution in [3.8, 4) is 0 Å². The Bertz CT molecular complexity index is 331. The standard InChI is InChI=1S/C12H23N3O4/c1-7(2)6-13-11(18)9(4)15-12(19)14-8(3)5-10(16)17/h7-9H,5-6H2,1-4H3,(H,13,18)(H,16,17)(H2,14,15,19). The van der Waals surface area contributed by atoms with Crippen LogP contribution in [0.2, 0.25) is 0 Å². The Morgan fingerprint density at radius 2 is 1.63 bits per heavy atom. The molecule has 110 valence electrons. The van der Waals surface area contributed by atoms with Crippen molar-refractivity contribution in [3.05, 3.63) is 0 Å². The van der Waals surface area contributed by atoms with Crippen LogP contribution in [0.3, 0.4) is 0 Å². The molecule has 0 fully saturated rings. The van der Waals surface area contributed by atoms with Crippen molar-refractivity contribution in [3.63, 3.8) is 0 Å². The second-order valence-corrected chi connectivity index (χ2v) is 4.98. The lowest BCUT2D eigenvalue weighted by Crippen LogP contribution is -2.50. The summed E-state index contributed by atoms with van der Waals surface area (Å²) in [6, 6.07) is -1.72. The molecule has 0 saturated heterocycles. The normalized spacial score (nSPS) is 13.5. The first-order valence-corrected chi connectivity index (χ1v) is 6.29. The fourth-order valence-corrected chi connectivity index (χ4v) is 1.30. The summed E-state index contributed by atoms with van der Waals surface area (Å²) >= 11 is 0. The summed E-state index contributed by atoms with van der Waals surface area (Å²) in [6.45, 7) is 7.63. The Morgan fingerprint density at radius 1 is 1.05 bits per heavy atom. The molecule has 0 spiro atoms. The van der Waals surface area contributed by atoms with Crippen LogP contribution in [0, 0.1) is 5.92 Å². The molecule has 0 aromatic heterocycles. The van der Waals surface area contributed by atoms with Crippen molar-refractivity contribution in [2.75, 3.05) is 6.54 Å². The van der Waals surface area contributed by atoms with Crippen molar-refractivity contribution in [1.29, 1.82) is 0 Å². The molecule has 0 saturated carbocycles. The summed E-state index contributed by atoms with van der Waals surface area (Å²) in [5.41, 5.74) is 0. The minimum absolute atomic E-state index is 0.165. The molecular weight excluding hydrogens is 250 g/mol. The Morgan fingerprint density at radius 3 is 2.11 bits per heavy atom. The lowest BCUT2D eigenvalue weighted by atomic mass is 10.2. The second-order valence-electron chi connectivity index (χ2n) is 4.98. The molecule has 0 rings (SSSR count). The van der Waals surface area contributed by atoms with Crippen LogP contribution in [0.15, 0.2) is 0 Å². The summed E-state index contributed by atoms with van der Waals surface area (Å²) < 4.78 is 0. The zero-order chi connectivity index (χ0) is 15.0. The molecule has 2 atom stereocenters. The fourth-order valence-electron chi connectivity index (χ4n) is 1.30. The van der Waals surface area contributed by atoms with Crippen LogP contribution in [-0.2, 0) is 9.59 Å². The number of carboxylic acid groups (broad SMARTS) is 1. The highest BCUT2D eigenvalue weighted by molar-refractivity contribution is 5.86. The number of aliphatic carboxylic acids is 1. The van der Waals surface area contributed by atoms with E-state index in [0.29, 0.717) is 12.5 Å². The number of urea groups is 1. The zero-order valence-electron chi connectivity index (χ0n) is 11.8. The molecule has 0 aromatic carbocycles. The van der Waals surface area contributed by atoms with Gasteiger partial charge < -0.3 is 21.1 Å². The molecule has 4 N–H and O–H groups in total. The third kappa shape index (κ3) is 8.87. The smallest absolute Gasteiger partial charge is 0.315 e. The van der Waals surface area contributed by atoms with E-state index in [1.807, 2.05) is 13.8 Å². The average molecular weight is 273 g/mol. The van der Waals surface area contributed by atoms with E-state index in [2.05, 4.69) is 16.0 Å². The summed E-state index contributed by atoms with van der Waals surface area (Å²) in [4.78, 5) is 33.5. The Hall–Kier alpha value is -1.79. The monoisotopic (exact) mass is 273 g/mol. The number of amides is 3. The van der Waals surface area contributed by atoms with Crippen molar-refractivity contribution in [1.82, 2.24) is 16.0 Å². The molecule has 0 radical (unpaired) electrons. The van der Waals surface area contributed by atoms with E-state index in [4.69, 9.17) is 5.11 Å². The van der Waals surface area contributed by atoms with Gasteiger partial charge >= 0.3 is 12.0 Å². The number of carbonyl (C=O) groups is 3. The van der Waals surface area contributed by atoms with Gasteiger partial charge in [0.25, 0.3) is 0 Å². The molecule has 3 amide bonds. The number of hydrogen-bond acceptors (Lipinski definition) is 3. The molecule has 0 heterocycles. The lowest BCUT2D eigenvalue weighted by molar-refractivity contribution is -0.137. The molecule has 19 heavy (non-hydrogen) atoms. The minimum atomic E-state index is -0.990. The highest BCUT2D eigenvalue weighted by atomic mass is 16.4. The predicted molar refractivity (Wildman–Crippen MR) is 70.7 cm³/mol.